The summed E-state index contributed by atoms with van der Waals surface area (Å²) >= 11 is 6.52. The van der Waals surface area contributed by atoms with Crippen LogP contribution in [0, 0.1) is 0 Å². The molecule has 1 amide bonds. The van der Waals surface area contributed by atoms with E-state index in [1.807, 2.05) is 38.1 Å². The molecule has 1 aliphatic carbocycles. The Balaban J connectivity index is 1.93. The number of anilines is 1. The molecule has 0 aromatic heterocycles. The van der Waals surface area contributed by atoms with Gasteiger partial charge in [0.2, 0.25) is 5.91 Å². The first-order valence-electron chi connectivity index (χ1n) is 11.5. The van der Waals surface area contributed by atoms with Crippen LogP contribution in [-0.2, 0) is 14.9 Å². The molecule has 0 spiro atoms. The molecule has 172 valence electrons. The van der Waals surface area contributed by atoms with Crippen LogP contribution in [0.3, 0.4) is 0 Å². The standard InChI is InChI=1S/C26H32ClNO4/c1-4-18(3)32-23-14-13-19(17-20(23)24(29)31-5-2)28-25(30)26(15-9-6-10-16-26)21-11-7-8-12-22(21)27/h7-8,11-14,17-18H,4-6,9-10,15-16H2,1-3H3,(H,28,30). The van der Waals surface area contributed by atoms with Crippen LogP contribution in [-0.4, -0.2) is 24.6 Å². The van der Waals surface area contributed by atoms with E-state index in [0.717, 1.165) is 44.1 Å². The molecular weight excluding hydrogens is 426 g/mol. The third kappa shape index (κ3) is 5.26. The smallest absolute Gasteiger partial charge is 0.341 e. The molecule has 5 nitrogen and oxygen atoms in total. The summed E-state index contributed by atoms with van der Waals surface area (Å²) in [6.45, 7) is 5.98. The fourth-order valence-corrected chi connectivity index (χ4v) is 4.57. The number of halogens is 1. The third-order valence-corrected chi connectivity index (χ3v) is 6.50. The lowest BCUT2D eigenvalue weighted by Crippen LogP contribution is -2.42. The topological polar surface area (TPSA) is 64.6 Å². The zero-order chi connectivity index (χ0) is 23.1. The van der Waals surface area contributed by atoms with Crippen LogP contribution < -0.4 is 10.1 Å². The molecule has 1 unspecified atom stereocenters. The number of esters is 1. The number of amides is 1. The van der Waals surface area contributed by atoms with Crippen molar-refractivity contribution in [3.8, 4) is 5.75 Å². The molecule has 1 aliphatic rings. The van der Waals surface area contributed by atoms with Crippen molar-refractivity contribution in [2.45, 2.75) is 70.8 Å². The molecule has 3 rings (SSSR count). The van der Waals surface area contributed by atoms with Crippen LogP contribution in [0.5, 0.6) is 5.75 Å². The lowest BCUT2D eigenvalue weighted by molar-refractivity contribution is -0.122. The molecule has 32 heavy (non-hydrogen) atoms. The van der Waals surface area contributed by atoms with Crippen molar-refractivity contribution >= 4 is 29.2 Å². The number of hydrogen-bond donors (Lipinski definition) is 1. The summed E-state index contributed by atoms with van der Waals surface area (Å²) in [5, 5.41) is 3.65. The normalized spacial score (nSPS) is 16.1. The molecule has 2 aromatic carbocycles. The number of carbonyl (C=O) groups excluding carboxylic acids is 2. The summed E-state index contributed by atoms with van der Waals surface area (Å²) in [7, 11) is 0. The highest BCUT2D eigenvalue weighted by atomic mass is 35.5. The van der Waals surface area contributed by atoms with Gasteiger partial charge in [-0.05, 0) is 62.9 Å². The fraction of sp³-hybridized carbons (Fsp3) is 0.462. The largest absolute Gasteiger partial charge is 0.490 e. The summed E-state index contributed by atoms with van der Waals surface area (Å²) in [5.74, 6) is -0.120. The summed E-state index contributed by atoms with van der Waals surface area (Å²) in [6.07, 6.45) is 5.28. The first-order chi connectivity index (χ1) is 15.4. The van der Waals surface area contributed by atoms with E-state index in [0.29, 0.717) is 22.0 Å². The molecule has 1 saturated carbocycles. The van der Waals surface area contributed by atoms with Crippen LogP contribution in [0.4, 0.5) is 5.69 Å². The summed E-state index contributed by atoms with van der Waals surface area (Å²) < 4.78 is 11.1. The van der Waals surface area contributed by atoms with Crippen molar-refractivity contribution in [2.75, 3.05) is 11.9 Å². The second-order valence-electron chi connectivity index (χ2n) is 8.34. The van der Waals surface area contributed by atoms with E-state index in [9.17, 15) is 9.59 Å². The molecule has 0 saturated heterocycles. The van der Waals surface area contributed by atoms with Gasteiger partial charge in [-0.25, -0.2) is 4.79 Å². The van der Waals surface area contributed by atoms with Crippen molar-refractivity contribution in [2.24, 2.45) is 0 Å². The van der Waals surface area contributed by atoms with Gasteiger partial charge < -0.3 is 14.8 Å². The fourth-order valence-electron chi connectivity index (χ4n) is 4.25. The Bertz CT molecular complexity index is 953. The van der Waals surface area contributed by atoms with Gasteiger partial charge in [0.15, 0.2) is 0 Å². The average Bonchev–Trinajstić information content (AvgIpc) is 2.80. The lowest BCUT2D eigenvalue weighted by Gasteiger charge is -2.37. The second-order valence-corrected chi connectivity index (χ2v) is 8.75. The maximum absolute atomic E-state index is 13.6. The van der Waals surface area contributed by atoms with Crippen LogP contribution in [0.25, 0.3) is 0 Å². The molecular formula is C26H32ClNO4. The van der Waals surface area contributed by atoms with Gasteiger partial charge >= 0.3 is 5.97 Å². The first-order valence-corrected chi connectivity index (χ1v) is 11.8. The van der Waals surface area contributed by atoms with Gasteiger partial charge in [-0.15, -0.1) is 0 Å². The van der Waals surface area contributed by atoms with E-state index in [1.165, 1.54) is 0 Å². The molecule has 0 heterocycles. The number of rotatable bonds is 8. The SMILES string of the molecule is CCOC(=O)c1cc(NC(=O)C2(c3ccccc3Cl)CCCCC2)ccc1OC(C)CC. The zero-order valence-electron chi connectivity index (χ0n) is 19.1. The van der Waals surface area contributed by atoms with Crippen molar-refractivity contribution in [3.05, 3.63) is 58.6 Å². The van der Waals surface area contributed by atoms with Gasteiger partial charge in [0, 0.05) is 10.7 Å². The highest BCUT2D eigenvalue weighted by Crippen LogP contribution is 2.43. The van der Waals surface area contributed by atoms with Gasteiger partial charge in [-0.2, -0.15) is 0 Å². The average molecular weight is 458 g/mol. The highest BCUT2D eigenvalue weighted by molar-refractivity contribution is 6.31. The molecule has 0 aliphatic heterocycles. The van der Waals surface area contributed by atoms with Gasteiger partial charge in [0.1, 0.15) is 11.3 Å². The van der Waals surface area contributed by atoms with Crippen molar-refractivity contribution < 1.29 is 19.1 Å². The van der Waals surface area contributed by atoms with Gasteiger partial charge in [-0.3, -0.25) is 4.79 Å². The Labute approximate surface area is 195 Å². The minimum Gasteiger partial charge on any atom is -0.490 e. The predicted molar refractivity (Wildman–Crippen MR) is 128 cm³/mol. The molecule has 2 aromatic rings. The van der Waals surface area contributed by atoms with E-state index >= 15 is 0 Å². The van der Waals surface area contributed by atoms with Crippen LogP contribution in [0.15, 0.2) is 42.5 Å². The summed E-state index contributed by atoms with van der Waals surface area (Å²) in [6, 6.07) is 12.7. The Morgan fingerprint density at radius 2 is 1.81 bits per heavy atom. The second kappa shape index (κ2) is 10.9. The van der Waals surface area contributed by atoms with Gasteiger partial charge in [0.05, 0.1) is 18.1 Å². The number of carbonyl (C=O) groups is 2. The monoisotopic (exact) mass is 457 g/mol. The first kappa shape index (κ1) is 24.1. The van der Waals surface area contributed by atoms with Crippen LogP contribution >= 0.6 is 11.6 Å². The van der Waals surface area contributed by atoms with Crippen molar-refractivity contribution in [1.82, 2.24) is 0 Å². The quantitative estimate of drug-likeness (QED) is 0.457. The third-order valence-electron chi connectivity index (χ3n) is 6.17. The Morgan fingerprint density at radius 3 is 2.47 bits per heavy atom. The predicted octanol–water partition coefficient (Wildman–Crippen LogP) is 6.53. The molecule has 1 fully saturated rings. The van der Waals surface area contributed by atoms with E-state index in [4.69, 9.17) is 21.1 Å². The van der Waals surface area contributed by atoms with Crippen molar-refractivity contribution in [3.63, 3.8) is 0 Å². The molecule has 1 N–H and O–H groups in total. The van der Waals surface area contributed by atoms with E-state index < -0.39 is 11.4 Å². The number of benzene rings is 2. The molecule has 6 heteroatoms. The number of ether oxygens (including phenoxy) is 2. The van der Waals surface area contributed by atoms with Gasteiger partial charge in [0.25, 0.3) is 0 Å². The molecule has 1 atom stereocenters. The van der Waals surface area contributed by atoms with E-state index in [1.54, 1.807) is 25.1 Å². The molecule has 0 radical (unpaired) electrons. The Kier molecular flexibility index (Phi) is 8.19. The minimum absolute atomic E-state index is 0.0469. The van der Waals surface area contributed by atoms with Crippen LogP contribution in [0.2, 0.25) is 5.02 Å². The molecule has 0 bridgehead atoms. The van der Waals surface area contributed by atoms with Crippen molar-refractivity contribution in [1.29, 1.82) is 0 Å². The maximum Gasteiger partial charge on any atom is 0.341 e. The zero-order valence-corrected chi connectivity index (χ0v) is 19.8. The highest BCUT2D eigenvalue weighted by Gasteiger charge is 2.42. The van der Waals surface area contributed by atoms with Gasteiger partial charge in [-0.1, -0.05) is 56.0 Å². The lowest BCUT2D eigenvalue weighted by atomic mass is 9.68. The van der Waals surface area contributed by atoms with E-state index in [-0.39, 0.29) is 18.6 Å². The maximum atomic E-state index is 13.6. The summed E-state index contributed by atoms with van der Waals surface area (Å²) in [4.78, 5) is 26.2. The minimum atomic E-state index is -0.688. The van der Waals surface area contributed by atoms with E-state index in [2.05, 4.69) is 5.32 Å². The Hall–Kier alpha value is -2.53. The van der Waals surface area contributed by atoms with Crippen LogP contribution in [0.1, 0.15) is 75.2 Å². The summed E-state index contributed by atoms with van der Waals surface area (Å²) in [5.41, 5.74) is 1.01. The number of hydrogen-bond acceptors (Lipinski definition) is 4. The Morgan fingerprint density at radius 1 is 1.09 bits per heavy atom. The number of nitrogens with one attached hydrogen (secondary N) is 1.